The molecule has 0 aliphatic rings. The number of aromatic amines is 1. The summed E-state index contributed by atoms with van der Waals surface area (Å²) in [6, 6.07) is 8.03. The van der Waals surface area contributed by atoms with Gasteiger partial charge < -0.3 is 15.6 Å². The lowest BCUT2D eigenvalue weighted by molar-refractivity contribution is 0.0664. The number of hydrogen-bond acceptors (Lipinski definition) is 4. The molecule has 0 saturated carbocycles. The molecule has 0 aliphatic heterocycles. The zero-order chi connectivity index (χ0) is 22.5. The minimum atomic E-state index is -0.835. The van der Waals surface area contributed by atoms with Crippen molar-refractivity contribution in [3.8, 4) is 12.3 Å². The molecule has 0 fully saturated rings. The average molecular weight is 461 g/mol. The Bertz CT molecular complexity index is 1220. The van der Waals surface area contributed by atoms with E-state index in [-0.39, 0.29) is 29.4 Å². The number of benzene rings is 2. The second-order valence-electron chi connectivity index (χ2n) is 6.78. The Morgan fingerprint density at radius 3 is 2.81 bits per heavy atom. The number of aromatic nitrogens is 2. The van der Waals surface area contributed by atoms with Gasteiger partial charge in [-0.2, -0.15) is 0 Å². The minimum absolute atomic E-state index is 0.0352. The van der Waals surface area contributed by atoms with Gasteiger partial charge in [-0.3, -0.25) is 9.59 Å². The van der Waals surface area contributed by atoms with E-state index in [4.69, 9.17) is 35.4 Å². The second kappa shape index (κ2) is 9.92. The number of carbonyl (C=O) groups excluding carboxylic acids is 1. The Kier molecular flexibility index (Phi) is 7.29. The Morgan fingerprint density at radius 2 is 2.10 bits per heavy atom. The average Bonchev–Trinajstić information content (AvgIpc) is 2.74. The first-order chi connectivity index (χ1) is 14.9. The molecule has 160 valence electrons. The van der Waals surface area contributed by atoms with Crippen molar-refractivity contribution < 1.29 is 9.18 Å². The lowest BCUT2D eigenvalue weighted by Crippen LogP contribution is -2.38. The molecule has 0 saturated heterocycles. The van der Waals surface area contributed by atoms with Gasteiger partial charge in [0.2, 0.25) is 0 Å². The Balaban J connectivity index is 2.13. The fourth-order valence-electron chi connectivity index (χ4n) is 3.24. The summed E-state index contributed by atoms with van der Waals surface area (Å²) in [7, 11) is 0. The van der Waals surface area contributed by atoms with Crippen LogP contribution in [0.4, 0.5) is 4.39 Å². The van der Waals surface area contributed by atoms with Crippen LogP contribution in [0.15, 0.2) is 41.2 Å². The summed E-state index contributed by atoms with van der Waals surface area (Å²) in [4.78, 5) is 34.4. The number of hydrogen-bond donors (Lipinski definition) is 2. The summed E-state index contributed by atoms with van der Waals surface area (Å²) in [5.41, 5.74) is 5.38. The summed E-state index contributed by atoms with van der Waals surface area (Å²) in [6.07, 6.45) is 6.02. The Labute approximate surface area is 188 Å². The molecule has 1 atom stereocenters. The molecular formula is C22H19Cl2FN4O2. The maximum Gasteiger partial charge on any atom is 0.258 e. The number of rotatable bonds is 7. The van der Waals surface area contributed by atoms with Crippen molar-refractivity contribution in [1.82, 2.24) is 14.9 Å². The van der Waals surface area contributed by atoms with E-state index in [1.54, 1.807) is 18.2 Å². The number of nitrogens with two attached hydrogens (primary N) is 1. The Hall–Kier alpha value is -2.92. The van der Waals surface area contributed by atoms with Crippen LogP contribution in [-0.4, -0.2) is 33.9 Å². The van der Waals surface area contributed by atoms with E-state index in [1.165, 1.54) is 23.1 Å². The molecule has 6 nitrogen and oxygen atoms in total. The normalized spacial score (nSPS) is 11.8. The van der Waals surface area contributed by atoms with Crippen LogP contribution >= 0.6 is 23.2 Å². The van der Waals surface area contributed by atoms with Gasteiger partial charge >= 0.3 is 0 Å². The van der Waals surface area contributed by atoms with E-state index in [1.807, 2.05) is 0 Å². The quantitative estimate of drug-likeness (QED) is 0.522. The van der Waals surface area contributed by atoms with Gasteiger partial charge in [0.15, 0.2) is 5.82 Å². The Morgan fingerprint density at radius 1 is 1.32 bits per heavy atom. The van der Waals surface area contributed by atoms with Crippen molar-refractivity contribution in [3.05, 3.63) is 74.0 Å². The van der Waals surface area contributed by atoms with E-state index in [0.717, 1.165) is 0 Å². The second-order valence-corrected chi connectivity index (χ2v) is 7.62. The van der Waals surface area contributed by atoms with Crippen LogP contribution in [0.1, 0.15) is 35.1 Å². The van der Waals surface area contributed by atoms with Crippen LogP contribution in [0.5, 0.6) is 0 Å². The zero-order valence-corrected chi connectivity index (χ0v) is 17.9. The molecule has 0 spiro atoms. The molecule has 1 heterocycles. The maximum absolute atomic E-state index is 14.6. The molecule has 3 aromatic rings. The lowest BCUT2D eigenvalue weighted by atomic mass is 10.1. The van der Waals surface area contributed by atoms with E-state index >= 15 is 0 Å². The van der Waals surface area contributed by atoms with Gasteiger partial charge in [0.05, 0.1) is 21.5 Å². The summed E-state index contributed by atoms with van der Waals surface area (Å²) in [5, 5.41) is 0.570. The highest BCUT2D eigenvalue weighted by Gasteiger charge is 2.29. The highest BCUT2D eigenvalue weighted by atomic mass is 35.5. The maximum atomic E-state index is 14.6. The van der Waals surface area contributed by atoms with Crippen molar-refractivity contribution in [2.24, 2.45) is 5.73 Å². The largest absolute Gasteiger partial charge is 0.330 e. The van der Waals surface area contributed by atoms with Crippen molar-refractivity contribution in [2.45, 2.75) is 18.9 Å². The molecule has 1 amide bonds. The van der Waals surface area contributed by atoms with Gasteiger partial charge in [-0.05, 0) is 43.3 Å². The number of carbonyl (C=O) groups is 1. The summed E-state index contributed by atoms with van der Waals surface area (Å²) >= 11 is 11.9. The summed E-state index contributed by atoms with van der Waals surface area (Å²) in [5.74, 6) is 1.20. The van der Waals surface area contributed by atoms with Gasteiger partial charge in [0, 0.05) is 18.0 Å². The number of amides is 1. The number of H-pyrrole nitrogens is 1. The van der Waals surface area contributed by atoms with Crippen LogP contribution in [0.25, 0.3) is 10.9 Å². The predicted octanol–water partition coefficient (Wildman–Crippen LogP) is 3.92. The first-order valence-electron chi connectivity index (χ1n) is 9.45. The van der Waals surface area contributed by atoms with Gasteiger partial charge in [-0.15, -0.1) is 12.3 Å². The van der Waals surface area contributed by atoms with Gasteiger partial charge in [0.25, 0.3) is 11.5 Å². The molecule has 31 heavy (non-hydrogen) atoms. The van der Waals surface area contributed by atoms with E-state index in [0.29, 0.717) is 28.9 Å². The third kappa shape index (κ3) is 4.88. The number of terminal acetylenes is 1. The van der Waals surface area contributed by atoms with Crippen LogP contribution < -0.4 is 11.3 Å². The third-order valence-corrected chi connectivity index (χ3v) is 5.26. The lowest BCUT2D eigenvalue weighted by Gasteiger charge is -2.30. The molecule has 9 heteroatoms. The smallest absolute Gasteiger partial charge is 0.258 e. The first-order valence-corrected chi connectivity index (χ1v) is 10.2. The van der Waals surface area contributed by atoms with Crippen molar-refractivity contribution in [2.75, 3.05) is 13.1 Å². The van der Waals surface area contributed by atoms with Crippen LogP contribution in [-0.2, 0) is 0 Å². The SMILES string of the molecule is C#CCC(c1nc2cc(Cl)ccc2c(=O)[nH]1)N(CCCN)C(=O)c1cccc(Cl)c1F. The van der Waals surface area contributed by atoms with Gasteiger partial charge in [0.1, 0.15) is 11.9 Å². The number of nitrogens with one attached hydrogen (secondary N) is 1. The molecule has 2 aromatic carbocycles. The molecule has 0 radical (unpaired) electrons. The number of fused-ring (bicyclic) bond motifs is 1. The third-order valence-electron chi connectivity index (χ3n) is 4.74. The minimum Gasteiger partial charge on any atom is -0.330 e. The topological polar surface area (TPSA) is 92.1 Å². The number of nitrogens with zero attached hydrogens (tertiary/aromatic N) is 2. The predicted molar refractivity (Wildman–Crippen MR) is 120 cm³/mol. The molecule has 3 rings (SSSR count). The van der Waals surface area contributed by atoms with Crippen molar-refractivity contribution >= 4 is 40.0 Å². The van der Waals surface area contributed by atoms with Gasteiger partial charge in [-0.1, -0.05) is 29.3 Å². The standard InChI is InChI=1S/C22H19Cl2FN4O2/c1-2-5-18(20-27-17-12-13(23)8-9-14(17)21(30)28-20)29(11-4-10-26)22(31)15-6-3-7-16(24)19(15)25/h1,3,6-9,12,18H,4-5,10-11,26H2,(H,27,28,30). The number of halogens is 3. The molecule has 1 unspecified atom stereocenters. The van der Waals surface area contributed by atoms with Gasteiger partial charge in [-0.25, -0.2) is 9.37 Å². The van der Waals surface area contributed by atoms with E-state index in [9.17, 15) is 14.0 Å². The monoisotopic (exact) mass is 460 g/mol. The molecule has 0 bridgehead atoms. The fourth-order valence-corrected chi connectivity index (χ4v) is 3.58. The summed E-state index contributed by atoms with van der Waals surface area (Å²) < 4.78 is 14.6. The van der Waals surface area contributed by atoms with Crippen molar-refractivity contribution in [1.29, 1.82) is 0 Å². The van der Waals surface area contributed by atoms with Crippen LogP contribution in [0.3, 0.4) is 0 Å². The molecule has 3 N–H and O–H groups in total. The molecule has 0 aliphatic carbocycles. The van der Waals surface area contributed by atoms with E-state index in [2.05, 4.69) is 15.9 Å². The highest BCUT2D eigenvalue weighted by Crippen LogP contribution is 2.27. The first kappa shape index (κ1) is 22.8. The fraction of sp³-hybridized carbons (Fsp3) is 0.227. The van der Waals surface area contributed by atoms with Crippen LogP contribution in [0.2, 0.25) is 10.0 Å². The highest BCUT2D eigenvalue weighted by molar-refractivity contribution is 6.31. The summed E-state index contributed by atoms with van der Waals surface area (Å²) in [6.45, 7) is 0.465. The van der Waals surface area contributed by atoms with Crippen molar-refractivity contribution in [3.63, 3.8) is 0 Å². The molecular weight excluding hydrogens is 442 g/mol. The van der Waals surface area contributed by atoms with Crippen LogP contribution in [0, 0.1) is 18.2 Å². The van der Waals surface area contributed by atoms with E-state index < -0.39 is 23.3 Å². The molecule has 1 aromatic heterocycles. The zero-order valence-electron chi connectivity index (χ0n) is 16.4.